The van der Waals surface area contributed by atoms with E-state index in [9.17, 15) is 24.0 Å². The van der Waals surface area contributed by atoms with Crippen molar-refractivity contribution in [2.45, 2.75) is 156 Å². The standard InChI is InChI=1S/C13H22N2O3.C11H20N2O2.C8H14N2O.C2H3ClO.CH4.2ClH.2U/c1-9(16)14-7-10-5-6-11(8-14)15(10)12(17)18-13(2,3)4;1-11(2,3)15-10(14)13-8-4-5-9(13)7-12-6-8;1-6(11)10-4-7-2-3-8(5-10)9-7;1-2(3)4;;;;;/h10-11H,5-8H2,1-4H3;8-9,12H,4-7H2,1-3H3;7-9H,2-5H2,1H3;1H3;1H4;2*1H;;. The third kappa shape index (κ3) is 18.9. The molecule has 0 spiro atoms. The van der Waals surface area contributed by atoms with E-state index in [0.717, 1.165) is 51.9 Å². The fourth-order valence-electron chi connectivity index (χ4n) is 7.22. The second-order valence-corrected chi connectivity index (χ2v) is 16.2. The summed E-state index contributed by atoms with van der Waals surface area (Å²) < 4.78 is 10.9. The molecule has 6 aliphatic rings. The molecule has 6 fully saturated rings. The van der Waals surface area contributed by atoms with Crippen LogP contribution in [0.3, 0.4) is 0 Å². The van der Waals surface area contributed by atoms with Crippen LogP contribution >= 0.6 is 36.4 Å². The van der Waals surface area contributed by atoms with Crippen LogP contribution < -0.4 is 10.6 Å². The number of likely N-dealkylation sites (tertiary alicyclic amines) is 2. The average Bonchev–Trinajstić information content (AvgIpc) is 3.52. The molecule has 2 N–H and O–H groups in total. The minimum atomic E-state index is -0.464. The van der Waals surface area contributed by atoms with Gasteiger partial charge in [-0.1, -0.05) is 7.43 Å². The molecule has 0 aliphatic carbocycles. The van der Waals surface area contributed by atoms with E-state index in [2.05, 4.69) is 22.2 Å². The van der Waals surface area contributed by atoms with Gasteiger partial charge < -0.3 is 29.9 Å². The maximum absolute atomic E-state index is 12.2. The molecule has 4 amide bonds. The molecule has 0 aromatic rings. The predicted octanol–water partition coefficient (Wildman–Crippen LogP) is 5.19. The molecule has 0 aromatic heterocycles. The van der Waals surface area contributed by atoms with E-state index < -0.39 is 5.60 Å². The number of ether oxygens (including phenoxy) is 2. The van der Waals surface area contributed by atoms with Crippen molar-refractivity contribution >= 4 is 65.7 Å². The topological polar surface area (TPSA) is 141 Å². The number of hydrogen-bond acceptors (Lipinski definition) is 9. The van der Waals surface area contributed by atoms with Gasteiger partial charge in [0.25, 0.3) is 0 Å². The van der Waals surface area contributed by atoms with Gasteiger partial charge in [-0.2, -0.15) is 0 Å². The summed E-state index contributed by atoms with van der Waals surface area (Å²) in [4.78, 5) is 63.3. The van der Waals surface area contributed by atoms with Crippen LogP contribution in [0.25, 0.3) is 0 Å². The van der Waals surface area contributed by atoms with Gasteiger partial charge in [0.2, 0.25) is 17.1 Å². The number of nitrogens with one attached hydrogen (secondary N) is 2. The molecule has 6 rings (SSSR count). The van der Waals surface area contributed by atoms with Crippen molar-refractivity contribution in [3.63, 3.8) is 0 Å². The monoisotopic (exact) mass is 1260 g/mol. The van der Waals surface area contributed by atoms with Crippen molar-refractivity contribution < 1.29 is 95.7 Å². The summed E-state index contributed by atoms with van der Waals surface area (Å²) in [5.74, 6) is 0.319. The summed E-state index contributed by atoms with van der Waals surface area (Å²) in [5.41, 5.74) is -0.852. The number of piperazine rings is 3. The molecule has 6 unspecified atom stereocenters. The molecule has 6 bridgehead atoms. The molecule has 6 aliphatic heterocycles. The quantitative estimate of drug-likeness (QED) is 0.314. The minimum Gasteiger partial charge on any atom is -0.444 e. The van der Waals surface area contributed by atoms with Crippen LogP contribution in [0.2, 0.25) is 0 Å². The van der Waals surface area contributed by atoms with Crippen LogP contribution in [0.1, 0.15) is 108 Å². The minimum absolute atomic E-state index is 0. The summed E-state index contributed by atoms with van der Waals surface area (Å²) in [6, 6.07) is 2.11. The summed E-state index contributed by atoms with van der Waals surface area (Å²) in [6.07, 6.45) is 6.26. The second kappa shape index (κ2) is 25.4. The average molecular weight is 1260 g/mol. The van der Waals surface area contributed by atoms with Gasteiger partial charge in [-0.25, -0.2) is 9.59 Å². The number of hydrogen-bond donors (Lipinski definition) is 2. The maximum atomic E-state index is 12.2. The molecule has 53 heavy (non-hydrogen) atoms. The van der Waals surface area contributed by atoms with Crippen molar-refractivity contribution in [3.8, 4) is 0 Å². The molecular formula is C35H65Cl3N6O7U2. The molecule has 0 aromatic carbocycles. The predicted molar refractivity (Wildman–Crippen MR) is 205 cm³/mol. The first-order valence-corrected chi connectivity index (χ1v) is 17.8. The zero-order valence-corrected chi connectivity index (χ0v) is 43.0. The first kappa shape index (κ1) is 57.4. The number of fused-ring (bicyclic) bond motifs is 6. The Labute approximate surface area is 383 Å². The van der Waals surface area contributed by atoms with Crippen LogP contribution in [0.4, 0.5) is 9.59 Å². The molecule has 6 atom stereocenters. The Morgan fingerprint density at radius 2 is 0.887 bits per heavy atom. The first-order valence-electron chi connectivity index (χ1n) is 17.4. The van der Waals surface area contributed by atoms with Crippen LogP contribution in [0.5, 0.6) is 0 Å². The van der Waals surface area contributed by atoms with Crippen molar-refractivity contribution in [2.24, 2.45) is 0 Å². The fraction of sp³-hybridized carbons (Fsp3) is 0.857. The largest absolute Gasteiger partial charge is 0.444 e. The number of rotatable bonds is 0. The van der Waals surface area contributed by atoms with Crippen LogP contribution in [-0.4, -0.2) is 136 Å². The SMILES string of the molecule is C.CC(=O)Cl.CC(=O)N1CC2CCC(C1)N2.CC(=O)N1CC2CCC(C1)N2C(=O)OC(C)(C)C.CC(C)(C)OC(=O)N1C2CCC1CNC2.Cl.Cl.[U].[U]. The van der Waals surface area contributed by atoms with Gasteiger partial charge in [-0.15, -0.1) is 24.8 Å². The van der Waals surface area contributed by atoms with Gasteiger partial charge in [-0.3, -0.25) is 24.2 Å². The van der Waals surface area contributed by atoms with Crippen molar-refractivity contribution in [2.75, 3.05) is 39.3 Å². The molecule has 0 radical (unpaired) electrons. The number of carbonyl (C=O) groups is 5. The van der Waals surface area contributed by atoms with E-state index in [0.29, 0.717) is 37.3 Å². The van der Waals surface area contributed by atoms with E-state index in [1.54, 1.807) is 13.8 Å². The number of nitrogens with zero attached hydrogens (tertiary/aromatic N) is 4. The number of halogens is 3. The second-order valence-electron chi connectivity index (χ2n) is 15.7. The first-order chi connectivity index (χ1) is 22.2. The van der Waals surface area contributed by atoms with E-state index in [1.807, 2.05) is 61.1 Å². The summed E-state index contributed by atoms with van der Waals surface area (Å²) in [7, 11) is 0. The molecule has 6 saturated heterocycles. The van der Waals surface area contributed by atoms with E-state index in [-0.39, 0.29) is 141 Å². The van der Waals surface area contributed by atoms with Gasteiger partial charge >= 0.3 is 12.2 Å². The maximum Gasteiger partial charge on any atom is 0.410 e. The smallest absolute Gasteiger partial charge is 0.410 e. The Morgan fingerprint density at radius 1 is 0.585 bits per heavy atom. The summed E-state index contributed by atoms with van der Waals surface area (Å²) in [5, 5.41) is 6.47. The Hall–Kier alpha value is 0.0439. The van der Waals surface area contributed by atoms with Crippen molar-refractivity contribution in [1.29, 1.82) is 0 Å². The Balaban J connectivity index is -0.000000655. The van der Waals surface area contributed by atoms with Crippen LogP contribution in [0.15, 0.2) is 0 Å². The van der Waals surface area contributed by atoms with Crippen LogP contribution in [-0.2, 0) is 23.9 Å². The molecule has 18 heteroatoms. The van der Waals surface area contributed by atoms with Gasteiger partial charge in [0.15, 0.2) is 0 Å². The van der Waals surface area contributed by atoms with Crippen LogP contribution in [0, 0.1) is 62.2 Å². The van der Waals surface area contributed by atoms with E-state index in [4.69, 9.17) is 9.47 Å². The van der Waals surface area contributed by atoms with E-state index >= 15 is 0 Å². The Bertz CT molecular complexity index is 1130. The zero-order valence-electron chi connectivity index (χ0n) is 32.3. The third-order valence-electron chi connectivity index (χ3n) is 9.18. The molecule has 0 saturated carbocycles. The van der Waals surface area contributed by atoms with Gasteiger partial charge in [0.1, 0.15) is 11.2 Å². The van der Waals surface area contributed by atoms with Gasteiger partial charge in [-0.05, 0) is 91.7 Å². The summed E-state index contributed by atoms with van der Waals surface area (Å²) in [6.45, 7) is 20.9. The number of amides is 4. The molecular weight excluding hydrogens is 1200 g/mol. The molecule has 306 valence electrons. The normalized spacial score (nSPS) is 25.8. The zero-order chi connectivity index (χ0) is 36.0. The Kier molecular flexibility index (Phi) is 27.5. The number of carbonyl (C=O) groups excluding carboxylic acids is 5. The van der Waals surface area contributed by atoms with Crippen molar-refractivity contribution in [3.05, 3.63) is 0 Å². The molecule has 13 nitrogen and oxygen atoms in total. The molecule has 6 heterocycles. The van der Waals surface area contributed by atoms with Crippen molar-refractivity contribution in [1.82, 2.24) is 30.2 Å². The van der Waals surface area contributed by atoms with E-state index in [1.165, 1.54) is 19.8 Å². The van der Waals surface area contributed by atoms with Gasteiger partial charge in [0.05, 0.1) is 12.1 Å². The Morgan fingerprint density at radius 3 is 1.21 bits per heavy atom. The third-order valence-corrected chi connectivity index (χ3v) is 9.18. The summed E-state index contributed by atoms with van der Waals surface area (Å²) >= 11 is 4.64. The fourth-order valence-corrected chi connectivity index (χ4v) is 7.22. The van der Waals surface area contributed by atoms with Gasteiger partial charge in [0, 0.05) is 146 Å².